The summed E-state index contributed by atoms with van der Waals surface area (Å²) in [6, 6.07) is 14.3. The molecule has 0 saturated heterocycles. The number of carbonyl (C=O) groups excluding carboxylic acids is 2. The zero-order chi connectivity index (χ0) is 20.4. The molecule has 2 aromatic carbocycles. The summed E-state index contributed by atoms with van der Waals surface area (Å²) in [6.45, 7) is 6.31. The lowest BCUT2D eigenvalue weighted by atomic mass is 10.0. The average Bonchev–Trinajstić information content (AvgIpc) is 2.92. The van der Waals surface area contributed by atoms with Crippen molar-refractivity contribution in [3.63, 3.8) is 0 Å². The van der Waals surface area contributed by atoms with Gasteiger partial charge in [-0.3, -0.25) is 9.59 Å². The summed E-state index contributed by atoms with van der Waals surface area (Å²) in [5.41, 5.74) is 2.44. The van der Waals surface area contributed by atoms with Crippen LogP contribution in [0.4, 0.5) is 11.4 Å². The van der Waals surface area contributed by atoms with Crippen molar-refractivity contribution >= 4 is 40.4 Å². The van der Waals surface area contributed by atoms with E-state index in [4.69, 9.17) is 11.6 Å². The first-order valence-corrected chi connectivity index (χ1v) is 9.35. The highest BCUT2D eigenvalue weighted by Gasteiger charge is 2.36. The normalized spacial score (nSPS) is 14.7. The largest absolute Gasteiger partial charge is 0.321 e. The van der Waals surface area contributed by atoms with E-state index < -0.39 is 5.91 Å². The van der Waals surface area contributed by atoms with Gasteiger partial charge in [-0.2, -0.15) is 5.26 Å². The van der Waals surface area contributed by atoms with Crippen LogP contribution in [-0.2, 0) is 9.59 Å². The Labute approximate surface area is 169 Å². The summed E-state index contributed by atoms with van der Waals surface area (Å²) in [5.74, 6) is -0.716. The number of para-hydroxylation sites is 1. The number of rotatable bonds is 4. The van der Waals surface area contributed by atoms with E-state index in [0.29, 0.717) is 28.4 Å². The fourth-order valence-corrected chi connectivity index (χ4v) is 3.39. The second kappa shape index (κ2) is 7.87. The molecule has 0 unspecified atom stereocenters. The van der Waals surface area contributed by atoms with Crippen LogP contribution in [0.2, 0.25) is 5.02 Å². The number of carbonyl (C=O) groups is 2. The Morgan fingerprint density at radius 3 is 2.61 bits per heavy atom. The average molecular weight is 394 g/mol. The number of benzene rings is 2. The minimum absolute atomic E-state index is 0.135. The quantitative estimate of drug-likeness (QED) is 0.611. The third-order valence-corrected chi connectivity index (χ3v) is 4.99. The molecule has 0 aromatic heterocycles. The highest BCUT2D eigenvalue weighted by atomic mass is 35.5. The number of amides is 2. The molecule has 2 aromatic rings. The lowest BCUT2D eigenvalue weighted by molar-refractivity contribution is -0.114. The number of anilines is 2. The molecule has 6 heteroatoms. The standard InChI is InChI=1S/C22H20ClN3O2/c1-13(2)12-26-19-10-5-4-7-15(19)20(22(26)28)16(11-24)21(27)25-18-9-6-8-17(23)14(18)3/h4-10,13H,12H2,1-3H3,(H,25,27). The van der Waals surface area contributed by atoms with Crippen molar-refractivity contribution in [1.82, 2.24) is 0 Å². The van der Waals surface area contributed by atoms with Crippen LogP contribution in [0.1, 0.15) is 25.0 Å². The van der Waals surface area contributed by atoms with Gasteiger partial charge in [0.1, 0.15) is 11.6 Å². The second-order valence-corrected chi connectivity index (χ2v) is 7.46. The smallest absolute Gasteiger partial charge is 0.267 e. The highest BCUT2D eigenvalue weighted by Crippen LogP contribution is 2.39. The van der Waals surface area contributed by atoms with Crippen LogP contribution in [0.3, 0.4) is 0 Å². The van der Waals surface area contributed by atoms with E-state index in [1.54, 1.807) is 42.2 Å². The van der Waals surface area contributed by atoms with E-state index in [2.05, 4.69) is 5.32 Å². The molecule has 1 N–H and O–H groups in total. The van der Waals surface area contributed by atoms with Gasteiger partial charge in [0.15, 0.2) is 0 Å². The SMILES string of the molecule is Cc1c(Cl)cccc1NC(=O)C(C#N)=C1C(=O)N(CC(C)C)c2ccccc21. The molecule has 1 aliphatic heterocycles. The molecule has 1 aliphatic rings. The van der Waals surface area contributed by atoms with Crippen LogP contribution in [0.15, 0.2) is 48.0 Å². The van der Waals surface area contributed by atoms with Crippen molar-refractivity contribution in [2.75, 3.05) is 16.8 Å². The third kappa shape index (κ3) is 3.51. The number of fused-ring (bicyclic) bond motifs is 1. The Balaban J connectivity index is 2.06. The summed E-state index contributed by atoms with van der Waals surface area (Å²) < 4.78 is 0. The van der Waals surface area contributed by atoms with Crippen molar-refractivity contribution < 1.29 is 9.59 Å². The van der Waals surface area contributed by atoms with Crippen molar-refractivity contribution in [3.8, 4) is 6.07 Å². The summed E-state index contributed by atoms with van der Waals surface area (Å²) >= 11 is 6.11. The van der Waals surface area contributed by atoms with Gasteiger partial charge in [0, 0.05) is 22.8 Å². The predicted octanol–water partition coefficient (Wildman–Crippen LogP) is 4.57. The van der Waals surface area contributed by atoms with Gasteiger partial charge in [-0.1, -0.05) is 49.7 Å². The number of nitrogens with one attached hydrogen (secondary N) is 1. The van der Waals surface area contributed by atoms with Gasteiger partial charge in [0.05, 0.1) is 11.3 Å². The Morgan fingerprint density at radius 2 is 1.93 bits per heavy atom. The Kier molecular flexibility index (Phi) is 5.53. The predicted molar refractivity (Wildman–Crippen MR) is 111 cm³/mol. The van der Waals surface area contributed by atoms with Crippen molar-refractivity contribution in [3.05, 3.63) is 64.2 Å². The Hall–Kier alpha value is -3.10. The molecule has 0 saturated carbocycles. The molecule has 1 heterocycles. The van der Waals surface area contributed by atoms with Gasteiger partial charge >= 0.3 is 0 Å². The van der Waals surface area contributed by atoms with Crippen LogP contribution in [0.5, 0.6) is 0 Å². The molecule has 0 spiro atoms. The van der Waals surface area contributed by atoms with Crippen molar-refractivity contribution in [1.29, 1.82) is 5.26 Å². The lowest BCUT2D eigenvalue weighted by Crippen LogP contribution is -2.31. The van der Waals surface area contributed by atoms with Gasteiger partial charge in [-0.05, 0) is 36.6 Å². The number of hydrogen-bond acceptors (Lipinski definition) is 3. The van der Waals surface area contributed by atoms with Gasteiger partial charge in [0.2, 0.25) is 0 Å². The number of halogens is 1. The molecule has 0 bridgehead atoms. The number of nitrogens with zero attached hydrogens (tertiary/aromatic N) is 2. The van der Waals surface area contributed by atoms with Crippen molar-refractivity contribution in [2.24, 2.45) is 5.92 Å². The Morgan fingerprint density at radius 1 is 1.21 bits per heavy atom. The Bertz CT molecular complexity index is 1030. The molecule has 2 amide bonds. The molecule has 0 aliphatic carbocycles. The molecule has 5 nitrogen and oxygen atoms in total. The van der Waals surface area contributed by atoms with Crippen LogP contribution >= 0.6 is 11.6 Å². The zero-order valence-electron chi connectivity index (χ0n) is 15.9. The lowest BCUT2D eigenvalue weighted by Gasteiger charge is -2.19. The summed E-state index contributed by atoms with van der Waals surface area (Å²) in [6.07, 6.45) is 0. The maximum Gasteiger partial charge on any atom is 0.267 e. The van der Waals surface area contributed by atoms with Gasteiger partial charge in [-0.25, -0.2) is 0 Å². The van der Waals surface area contributed by atoms with Crippen LogP contribution in [-0.4, -0.2) is 18.4 Å². The fraction of sp³-hybridized carbons (Fsp3) is 0.227. The fourth-order valence-electron chi connectivity index (χ4n) is 3.22. The molecule has 28 heavy (non-hydrogen) atoms. The molecular weight excluding hydrogens is 374 g/mol. The van der Waals surface area contributed by atoms with E-state index in [0.717, 1.165) is 5.69 Å². The maximum atomic E-state index is 13.1. The maximum absolute atomic E-state index is 13.1. The van der Waals surface area contributed by atoms with Gasteiger partial charge in [0.25, 0.3) is 11.8 Å². The number of nitriles is 1. The topological polar surface area (TPSA) is 73.2 Å². The van der Waals surface area contributed by atoms with Crippen LogP contribution in [0, 0.1) is 24.2 Å². The monoisotopic (exact) mass is 393 g/mol. The third-order valence-electron chi connectivity index (χ3n) is 4.58. The van der Waals surface area contributed by atoms with E-state index in [1.807, 2.05) is 32.0 Å². The molecule has 0 atom stereocenters. The highest BCUT2D eigenvalue weighted by molar-refractivity contribution is 6.38. The summed E-state index contributed by atoms with van der Waals surface area (Å²) in [7, 11) is 0. The van der Waals surface area contributed by atoms with Crippen LogP contribution in [0.25, 0.3) is 5.57 Å². The minimum Gasteiger partial charge on any atom is -0.321 e. The summed E-state index contributed by atoms with van der Waals surface area (Å²) in [4.78, 5) is 27.6. The molecule has 0 radical (unpaired) electrons. The minimum atomic E-state index is -0.627. The zero-order valence-corrected chi connectivity index (χ0v) is 16.7. The first-order valence-electron chi connectivity index (χ1n) is 8.97. The first-order chi connectivity index (χ1) is 13.3. The van der Waals surface area contributed by atoms with Gasteiger partial charge in [-0.15, -0.1) is 0 Å². The van der Waals surface area contributed by atoms with E-state index in [1.165, 1.54) is 0 Å². The number of hydrogen-bond donors (Lipinski definition) is 1. The first kappa shape index (κ1) is 19.7. The van der Waals surface area contributed by atoms with E-state index >= 15 is 0 Å². The molecule has 3 rings (SSSR count). The van der Waals surface area contributed by atoms with Gasteiger partial charge < -0.3 is 10.2 Å². The second-order valence-electron chi connectivity index (χ2n) is 7.06. The van der Waals surface area contributed by atoms with E-state index in [9.17, 15) is 14.9 Å². The van der Waals surface area contributed by atoms with Crippen LogP contribution < -0.4 is 10.2 Å². The van der Waals surface area contributed by atoms with Crippen molar-refractivity contribution in [2.45, 2.75) is 20.8 Å². The summed E-state index contributed by atoms with van der Waals surface area (Å²) in [5, 5.41) is 12.9. The van der Waals surface area contributed by atoms with E-state index in [-0.39, 0.29) is 23.0 Å². The molecule has 142 valence electrons. The molecular formula is C22H20ClN3O2. The molecule has 0 fully saturated rings.